The van der Waals surface area contributed by atoms with Crippen LogP contribution in [0.5, 0.6) is 0 Å². The number of ketones is 3. The number of hydroxylamine groups is 2. The van der Waals surface area contributed by atoms with Gasteiger partial charge in [0.05, 0.1) is 91.3 Å². The van der Waals surface area contributed by atoms with Gasteiger partial charge in [-0.2, -0.15) is 0 Å². The number of aliphatic hydroxyl groups excluding tert-OH is 24. The second-order valence-electron chi connectivity index (χ2n) is 35.7. The fraction of sp³-hybridized carbons (Fsp3) is 0.882. The first-order valence-corrected chi connectivity index (χ1v) is 47.0. The van der Waals surface area contributed by atoms with Crippen LogP contribution in [0.1, 0.15) is 141 Å². The molecule has 8 rings (SSSR count). The molecule has 0 aromatic heterocycles. The Morgan fingerprint density at radius 2 is 0.712 bits per heavy atom. The fourth-order valence-corrected chi connectivity index (χ4v) is 16.8. The van der Waals surface area contributed by atoms with Gasteiger partial charge in [-0.25, -0.2) is 4.79 Å². The highest BCUT2D eigenvalue weighted by Crippen LogP contribution is 2.36. The van der Waals surface area contributed by atoms with Crippen LogP contribution in [-0.2, 0) is 114 Å². The summed E-state index contributed by atoms with van der Waals surface area (Å²) in [5.41, 5.74) is 0. The van der Waals surface area contributed by atoms with E-state index in [1.54, 1.807) is 0 Å². The molecule has 8 fully saturated rings. The number of nitrogens with one attached hydrogen (secondary N) is 4. The van der Waals surface area contributed by atoms with Gasteiger partial charge < -0.3 is 210 Å². The average molecular weight is 2020 g/mol. The first-order valence-electron chi connectivity index (χ1n) is 47.0. The van der Waals surface area contributed by atoms with Crippen molar-refractivity contribution in [2.75, 3.05) is 112 Å². The zero-order chi connectivity index (χ0) is 102. The number of hydrogen-bond acceptors (Lipinski definition) is 49. The van der Waals surface area contributed by atoms with E-state index in [0.29, 0.717) is 56.4 Å². The fourth-order valence-electron chi connectivity index (χ4n) is 16.8. The minimum absolute atomic E-state index is 0.00711. The number of amides is 6. The molecule has 0 aromatic carbocycles. The van der Waals surface area contributed by atoms with Crippen LogP contribution in [0, 0.1) is 11.8 Å². The molecular weight excluding hydrogens is 1870 g/mol. The van der Waals surface area contributed by atoms with Crippen LogP contribution in [-0.4, -0.2) is 512 Å². The molecule has 139 heavy (non-hydrogen) atoms. The largest absolute Gasteiger partial charge is 0.396 e. The van der Waals surface area contributed by atoms with Gasteiger partial charge in [0.15, 0.2) is 37.7 Å². The van der Waals surface area contributed by atoms with E-state index in [0.717, 1.165) is 0 Å². The van der Waals surface area contributed by atoms with Crippen molar-refractivity contribution in [2.45, 2.75) is 350 Å². The number of Topliss-reactive ketones (excluding diaryl/α,β-unsaturated/α-hetero) is 3. The summed E-state index contributed by atoms with van der Waals surface area (Å²) in [6.45, 7) is -8.23. The highest BCUT2D eigenvalue weighted by atomic mass is 16.8. The first-order chi connectivity index (χ1) is 66.2. The molecule has 0 spiro atoms. The monoisotopic (exact) mass is 2010 g/mol. The highest BCUT2D eigenvalue weighted by Gasteiger charge is 2.56. The molecule has 0 unspecified atom stereocenters. The Morgan fingerprint density at radius 3 is 1.16 bits per heavy atom. The van der Waals surface area contributed by atoms with Crippen molar-refractivity contribution in [3.8, 4) is 0 Å². The zero-order valence-electron chi connectivity index (χ0n) is 76.8. The molecule has 0 bridgehead atoms. The lowest BCUT2D eigenvalue weighted by Crippen LogP contribution is -2.65. The Morgan fingerprint density at radius 1 is 0.338 bits per heavy atom. The standard InChI is InChI=1S/C85H142N6O48/c92-33-41-29-45(59(107)66(114)58(41)106)129-38-50-64(112)77(137-84-73(121)69(117)62(110)48(36-95)133-84)76(124)83(135-50)128-27-24-88-52(100)18-17-40(79(125)89-23-9-2-5-13-43(98)14-10-25-126-80-71(119)67(115)60(108)46(34-93)131-80)28-44(99)30-90(32-54(102)87-22-8-3-6-16-57(105)139-91-55(103)19-20-56(91)104)31-53(101)86-21-7-1-4-12-42(97)15-11-26-127-82-75(123)78(138-85-74(122)70(118)63(111)49(37-96)134-85)65(113)51(136-82)39-130-81-72(120)68(116)61(109)47(35-94)132-81/h40-41,45-51,58-78,80-85,92-96,106-124H,1-39H2,(H,86,101)(H,87,102)(H,88,100)(H,89,125)/t40-,41-,45+,46-,47-,48-,49-,50-,51-,58-,59-,60-,61-,62-,63-,64-,65-,66+,67+,68+,69+,70+,71+,72+,73+,74+,75+,76+,77+,78+,80+,81+,82+,83+,84-,85-/m1/s1. The maximum Gasteiger partial charge on any atom is 0.333 e. The third-order valence-corrected chi connectivity index (χ3v) is 25.1. The minimum atomic E-state index is -2.04. The smallest absolute Gasteiger partial charge is 0.333 e. The van der Waals surface area contributed by atoms with Gasteiger partial charge in [0.25, 0.3) is 11.8 Å². The minimum Gasteiger partial charge on any atom is -0.396 e. The van der Waals surface area contributed by atoms with E-state index < -0.39 is 353 Å². The Labute approximate surface area is 797 Å². The van der Waals surface area contributed by atoms with Crippen molar-refractivity contribution in [3.63, 3.8) is 0 Å². The number of hydrogen-bond donors (Lipinski definition) is 28. The molecule has 28 N–H and O–H groups in total. The van der Waals surface area contributed by atoms with E-state index in [1.165, 1.54) is 4.90 Å². The van der Waals surface area contributed by atoms with Crippen molar-refractivity contribution in [3.05, 3.63) is 0 Å². The van der Waals surface area contributed by atoms with Crippen LogP contribution in [0.4, 0.5) is 0 Å². The molecule has 6 amide bonds. The van der Waals surface area contributed by atoms with Crippen LogP contribution in [0.3, 0.4) is 0 Å². The molecule has 7 aliphatic heterocycles. The van der Waals surface area contributed by atoms with E-state index in [-0.39, 0.29) is 128 Å². The van der Waals surface area contributed by atoms with Crippen molar-refractivity contribution in [1.29, 1.82) is 0 Å². The van der Waals surface area contributed by atoms with Crippen LogP contribution in [0.25, 0.3) is 0 Å². The zero-order valence-corrected chi connectivity index (χ0v) is 76.8. The van der Waals surface area contributed by atoms with Gasteiger partial charge in [0.1, 0.15) is 176 Å². The lowest BCUT2D eigenvalue weighted by molar-refractivity contribution is -0.366. The molecule has 7 saturated heterocycles. The van der Waals surface area contributed by atoms with Gasteiger partial charge in [-0.1, -0.05) is 19.3 Å². The van der Waals surface area contributed by atoms with Gasteiger partial charge >= 0.3 is 5.97 Å². The van der Waals surface area contributed by atoms with Gasteiger partial charge in [-0.05, 0) is 64.2 Å². The quantitative estimate of drug-likeness (QED) is 0.0199. The molecule has 54 nitrogen and oxygen atoms in total. The van der Waals surface area contributed by atoms with E-state index in [2.05, 4.69) is 21.3 Å². The summed E-state index contributed by atoms with van der Waals surface area (Å²) in [5, 5.41) is 263. The summed E-state index contributed by atoms with van der Waals surface area (Å²) < 4.78 is 73.4. The summed E-state index contributed by atoms with van der Waals surface area (Å²) >= 11 is 0. The van der Waals surface area contributed by atoms with Crippen LogP contribution in [0.2, 0.25) is 0 Å². The molecule has 7 heterocycles. The lowest BCUT2D eigenvalue weighted by Gasteiger charge is -2.46. The van der Waals surface area contributed by atoms with Crippen LogP contribution >= 0.6 is 0 Å². The number of ether oxygens (including phenoxy) is 13. The summed E-state index contributed by atoms with van der Waals surface area (Å²) in [4.78, 5) is 138. The summed E-state index contributed by atoms with van der Waals surface area (Å²) in [7, 11) is 0. The maximum atomic E-state index is 14.4. The number of rotatable bonds is 60. The predicted octanol–water partition coefficient (Wildman–Crippen LogP) is -14.5. The molecule has 54 heteroatoms. The predicted molar refractivity (Wildman–Crippen MR) is 455 cm³/mol. The van der Waals surface area contributed by atoms with Crippen molar-refractivity contribution >= 4 is 58.8 Å². The van der Waals surface area contributed by atoms with Gasteiger partial charge in [-0.15, -0.1) is 5.06 Å². The normalized spacial score (nSPS) is 35.8. The van der Waals surface area contributed by atoms with Gasteiger partial charge in [0, 0.05) is 102 Å². The van der Waals surface area contributed by atoms with Crippen LogP contribution < -0.4 is 21.3 Å². The molecule has 800 valence electrons. The first kappa shape index (κ1) is 118. The summed E-state index contributed by atoms with van der Waals surface area (Å²) in [6.07, 6.45) is -57.7. The van der Waals surface area contributed by atoms with E-state index in [1.807, 2.05) is 0 Å². The Bertz CT molecular complexity index is 3720. The van der Waals surface area contributed by atoms with E-state index in [4.69, 9.17) is 66.4 Å². The van der Waals surface area contributed by atoms with Crippen molar-refractivity contribution < 1.29 is 237 Å². The molecule has 8 aliphatic rings. The van der Waals surface area contributed by atoms with E-state index in [9.17, 15) is 171 Å². The number of unbranched alkanes of at least 4 members (excludes halogenated alkanes) is 6. The van der Waals surface area contributed by atoms with Crippen LogP contribution in [0.15, 0.2) is 0 Å². The number of imide groups is 1. The number of nitrogens with zero attached hydrogens (tertiary/aromatic N) is 2. The third kappa shape index (κ3) is 35.1. The number of carbonyl (C=O) groups excluding carboxylic acids is 10. The van der Waals surface area contributed by atoms with Crippen molar-refractivity contribution in [1.82, 2.24) is 31.2 Å². The second-order valence-corrected chi connectivity index (χ2v) is 35.7. The van der Waals surface area contributed by atoms with Crippen molar-refractivity contribution in [2.24, 2.45) is 11.8 Å². The molecule has 0 radical (unpaired) electrons. The number of carbonyl (C=O) groups is 10. The molecule has 1 saturated carbocycles. The molecule has 36 atom stereocenters. The highest BCUT2D eigenvalue weighted by molar-refractivity contribution is 6.01. The lowest BCUT2D eigenvalue weighted by atomic mass is 9.81. The second kappa shape index (κ2) is 59.6. The average Bonchev–Trinajstić information content (AvgIpc) is 1.69. The SMILES string of the molecule is O=C(CCCCCNC(=O)[C@H](CCC(=O)NCCO[C@H]1O[C@H](CO[C@H]2C[C@H](CO)[C@@H](O)[C@H](O)[C@@H]2O)[C@@H](O)[C@H](O[C@H]2O[C@H](CO)[C@@H](O)[C@H](O)[C@@H]2O)[C@@H]1O)CC(=O)CN(CC(=O)NCCCCCC(=O)CCCO[C@H]1O[C@H](CO[C@H]2O[C@H](CO)[C@@H](O)[C@H](O)[C@@H]2O)[C@@H](O)[C@H](O[C@H]2O[C@H](CO)[C@@H](O)[C@H](O)[C@@H]2O)[C@@H]1O)CC(=O)NCCCCCC(=O)ON1C(=O)CCC1=O)CCCO[C@H]1O[C@H](CO)[C@@H](O)[C@H](O)[C@@H]1O. The molecular formula is C85H142N6O48. The maximum absolute atomic E-state index is 14.4. The Balaban J connectivity index is 0.866. The Kier molecular flexibility index (Phi) is 50.7. The van der Waals surface area contributed by atoms with Gasteiger partial charge in [-0.3, -0.25) is 48.1 Å². The van der Waals surface area contributed by atoms with Gasteiger partial charge in [0.2, 0.25) is 23.6 Å². The summed E-state index contributed by atoms with van der Waals surface area (Å²) in [5.74, 6) is -8.29. The molecule has 0 aromatic rings. The third-order valence-electron chi connectivity index (χ3n) is 25.1. The molecule has 1 aliphatic carbocycles. The number of aliphatic hydroxyl groups is 24. The Hall–Kier alpha value is -6.02. The van der Waals surface area contributed by atoms with E-state index >= 15 is 0 Å². The topological polar surface area (TPSA) is 840 Å². The summed E-state index contributed by atoms with van der Waals surface area (Å²) in [6, 6.07) is 0.